The molecule has 0 amide bonds. The van der Waals surface area contributed by atoms with Gasteiger partial charge < -0.3 is 29.2 Å². The number of nitrogens with one attached hydrogen (secondary N) is 1. The van der Waals surface area contributed by atoms with Crippen molar-refractivity contribution in [1.82, 2.24) is 15.2 Å². The Balaban J connectivity index is 1.32. The first-order chi connectivity index (χ1) is 17.3. The van der Waals surface area contributed by atoms with Gasteiger partial charge in [0.05, 0.1) is 27.0 Å². The number of rotatable bonds is 10. The lowest BCUT2D eigenvalue weighted by molar-refractivity contribution is -0.00784. The Bertz CT molecular complexity index is 1040. The minimum atomic E-state index is -0.144. The average molecular weight is 496 g/mol. The van der Waals surface area contributed by atoms with E-state index in [1.807, 2.05) is 18.3 Å². The molecule has 7 nitrogen and oxygen atoms in total. The Morgan fingerprint density at radius 1 is 1.00 bits per heavy atom. The first kappa shape index (κ1) is 26.1. The second-order valence-corrected chi connectivity index (χ2v) is 10.6. The number of aromatic nitrogens is 1. The molecule has 1 aromatic carbocycles. The molecule has 0 spiro atoms. The standard InChI is InChI=1S/C29H41N3O4/c1-29(2,3)36-28(22-7-8-22)32-13-10-20(11-14-32)18-30-19-21-9-12-31-24(15-21)23-16-25(33-4)27(35-6)26(17-23)34-5/h9,12,15-17,20,30H,7-8,10-11,13-14,18-19H2,1-6H3. The van der Waals surface area contributed by atoms with Crippen molar-refractivity contribution in [1.29, 1.82) is 0 Å². The summed E-state index contributed by atoms with van der Waals surface area (Å²) >= 11 is 0. The van der Waals surface area contributed by atoms with Gasteiger partial charge in [0.25, 0.3) is 0 Å². The highest BCUT2D eigenvalue weighted by Gasteiger charge is 2.30. The predicted molar refractivity (Wildman–Crippen MR) is 142 cm³/mol. The molecule has 2 heterocycles. The van der Waals surface area contributed by atoms with Crippen LogP contribution < -0.4 is 19.5 Å². The van der Waals surface area contributed by atoms with E-state index in [0.717, 1.165) is 43.3 Å². The lowest BCUT2D eigenvalue weighted by Gasteiger charge is -2.37. The maximum Gasteiger partial charge on any atom is 0.203 e. The largest absolute Gasteiger partial charge is 0.493 e. The van der Waals surface area contributed by atoms with E-state index >= 15 is 0 Å². The van der Waals surface area contributed by atoms with Gasteiger partial charge in [-0.1, -0.05) is 0 Å². The van der Waals surface area contributed by atoms with Crippen molar-refractivity contribution < 1.29 is 18.9 Å². The lowest BCUT2D eigenvalue weighted by atomic mass is 9.96. The van der Waals surface area contributed by atoms with Gasteiger partial charge in [-0.15, -0.1) is 0 Å². The van der Waals surface area contributed by atoms with Gasteiger partial charge in [-0.25, -0.2) is 0 Å². The Morgan fingerprint density at radius 2 is 1.67 bits per heavy atom. The van der Waals surface area contributed by atoms with E-state index in [-0.39, 0.29) is 5.60 Å². The fourth-order valence-electron chi connectivity index (χ4n) is 4.66. The maximum atomic E-state index is 6.33. The van der Waals surface area contributed by atoms with Crippen LogP contribution in [0.2, 0.25) is 0 Å². The highest BCUT2D eigenvalue weighted by molar-refractivity contribution is 5.69. The van der Waals surface area contributed by atoms with Gasteiger partial charge >= 0.3 is 0 Å². The Hall–Kier alpha value is -2.93. The van der Waals surface area contributed by atoms with E-state index in [9.17, 15) is 0 Å². The second-order valence-electron chi connectivity index (χ2n) is 10.6. The topological polar surface area (TPSA) is 65.1 Å². The maximum absolute atomic E-state index is 6.33. The highest BCUT2D eigenvalue weighted by Crippen LogP contribution is 2.41. The van der Waals surface area contributed by atoms with Crippen LogP contribution in [-0.4, -0.2) is 56.4 Å². The van der Waals surface area contributed by atoms with Crippen LogP contribution in [0.15, 0.2) is 41.9 Å². The summed E-state index contributed by atoms with van der Waals surface area (Å²) in [6.07, 6.45) is 6.61. The summed E-state index contributed by atoms with van der Waals surface area (Å²) in [6, 6.07) is 8.05. The van der Waals surface area contributed by atoms with Crippen molar-refractivity contribution in [3.05, 3.63) is 47.5 Å². The first-order valence-corrected chi connectivity index (χ1v) is 12.9. The van der Waals surface area contributed by atoms with Crippen molar-refractivity contribution in [2.75, 3.05) is 41.0 Å². The molecule has 4 rings (SSSR count). The van der Waals surface area contributed by atoms with Gasteiger partial charge in [-0.3, -0.25) is 4.98 Å². The molecule has 1 aliphatic heterocycles. The van der Waals surface area contributed by atoms with Crippen LogP contribution in [0.1, 0.15) is 52.0 Å². The molecule has 1 aliphatic carbocycles. The van der Waals surface area contributed by atoms with E-state index in [1.165, 1.54) is 36.8 Å². The molecular formula is C29H41N3O4. The monoisotopic (exact) mass is 495 g/mol. The molecule has 2 aromatic rings. The molecular weight excluding hydrogens is 454 g/mol. The summed E-state index contributed by atoms with van der Waals surface area (Å²) < 4.78 is 22.8. The Morgan fingerprint density at radius 3 is 2.22 bits per heavy atom. The first-order valence-electron chi connectivity index (χ1n) is 12.9. The Labute approximate surface area is 215 Å². The summed E-state index contributed by atoms with van der Waals surface area (Å²) in [7, 11) is 4.86. The van der Waals surface area contributed by atoms with Gasteiger partial charge in [0.15, 0.2) is 17.4 Å². The van der Waals surface area contributed by atoms with Crippen LogP contribution in [0.4, 0.5) is 0 Å². The van der Waals surface area contributed by atoms with E-state index in [4.69, 9.17) is 18.9 Å². The van der Waals surface area contributed by atoms with Crippen LogP contribution in [-0.2, 0) is 11.3 Å². The van der Waals surface area contributed by atoms with Crippen LogP contribution in [0.25, 0.3) is 11.3 Å². The minimum absolute atomic E-state index is 0.144. The van der Waals surface area contributed by atoms with Gasteiger partial charge in [-0.2, -0.15) is 0 Å². The van der Waals surface area contributed by atoms with Crippen LogP contribution in [0.3, 0.4) is 0 Å². The molecule has 2 fully saturated rings. The van der Waals surface area contributed by atoms with Crippen molar-refractivity contribution >= 4 is 0 Å². The second kappa shape index (κ2) is 11.4. The fraction of sp³-hybridized carbons (Fsp3) is 0.552. The number of ether oxygens (including phenoxy) is 4. The molecule has 0 bridgehead atoms. The number of benzene rings is 1. The van der Waals surface area contributed by atoms with E-state index in [1.54, 1.807) is 21.3 Å². The van der Waals surface area contributed by atoms with Gasteiger partial charge in [-0.05, 0) is 94.3 Å². The van der Waals surface area contributed by atoms with Crippen LogP contribution in [0, 0.1) is 5.92 Å². The van der Waals surface area contributed by atoms with Gasteiger partial charge in [0.1, 0.15) is 5.60 Å². The molecule has 2 aliphatic rings. The van der Waals surface area contributed by atoms with Crippen LogP contribution in [0.5, 0.6) is 17.2 Å². The molecule has 7 heteroatoms. The summed E-state index contributed by atoms with van der Waals surface area (Å²) in [5.41, 5.74) is 4.35. The van der Waals surface area contributed by atoms with Crippen LogP contribution >= 0.6 is 0 Å². The number of nitrogens with zero attached hydrogens (tertiary/aromatic N) is 2. The number of hydrogen-bond donors (Lipinski definition) is 1. The summed E-state index contributed by atoms with van der Waals surface area (Å²) in [5.74, 6) is 3.66. The van der Waals surface area contributed by atoms with E-state index in [0.29, 0.717) is 23.2 Å². The minimum Gasteiger partial charge on any atom is -0.493 e. The van der Waals surface area contributed by atoms with Gasteiger partial charge in [0, 0.05) is 31.4 Å². The number of allylic oxidation sites excluding steroid dienone is 1. The molecule has 0 unspecified atom stereocenters. The van der Waals surface area contributed by atoms with E-state index in [2.05, 4.69) is 48.1 Å². The molecule has 0 radical (unpaired) electrons. The van der Waals surface area contributed by atoms with Crippen molar-refractivity contribution in [3.63, 3.8) is 0 Å². The normalized spacial score (nSPS) is 16.1. The smallest absolute Gasteiger partial charge is 0.203 e. The molecule has 196 valence electrons. The van der Waals surface area contributed by atoms with Gasteiger partial charge in [0.2, 0.25) is 5.75 Å². The zero-order valence-corrected chi connectivity index (χ0v) is 22.6. The van der Waals surface area contributed by atoms with E-state index < -0.39 is 0 Å². The van der Waals surface area contributed by atoms with Crippen molar-refractivity contribution in [3.8, 4) is 28.5 Å². The summed E-state index contributed by atoms with van der Waals surface area (Å²) in [4.78, 5) is 7.05. The third-order valence-corrected chi connectivity index (χ3v) is 6.65. The molecule has 0 atom stereocenters. The zero-order valence-electron chi connectivity index (χ0n) is 22.6. The summed E-state index contributed by atoms with van der Waals surface area (Å²) in [5, 5.41) is 3.67. The zero-order chi connectivity index (χ0) is 25.7. The predicted octanol–water partition coefficient (Wildman–Crippen LogP) is 5.40. The third kappa shape index (κ3) is 6.64. The van der Waals surface area contributed by atoms with Crippen molar-refractivity contribution in [2.24, 2.45) is 5.92 Å². The third-order valence-electron chi connectivity index (χ3n) is 6.65. The SMILES string of the molecule is COc1cc(-c2cc(CNCC3CCN(C(OC(C)(C)C)=C4CC4)CC3)ccn2)cc(OC)c1OC. The Kier molecular flexibility index (Phi) is 8.29. The quantitative estimate of drug-likeness (QED) is 0.443. The van der Waals surface area contributed by atoms with Crippen molar-refractivity contribution in [2.45, 2.75) is 58.6 Å². The molecule has 1 saturated heterocycles. The molecule has 36 heavy (non-hydrogen) atoms. The average Bonchev–Trinajstić information content (AvgIpc) is 3.72. The summed E-state index contributed by atoms with van der Waals surface area (Å²) in [6.45, 7) is 10.4. The fourth-order valence-corrected chi connectivity index (χ4v) is 4.66. The number of hydrogen-bond acceptors (Lipinski definition) is 7. The molecule has 1 saturated carbocycles. The number of pyridine rings is 1. The number of likely N-dealkylation sites (tertiary alicyclic amines) is 1. The lowest BCUT2D eigenvalue weighted by Crippen LogP contribution is -2.39. The molecule has 1 aromatic heterocycles. The number of methoxy groups -OCH3 is 3. The number of piperidine rings is 1. The highest BCUT2D eigenvalue weighted by atomic mass is 16.5. The molecule has 1 N–H and O–H groups in total.